The van der Waals surface area contributed by atoms with E-state index in [-0.39, 0.29) is 12.0 Å². The number of carboxylic acid groups (broad SMARTS) is 1. The molecule has 0 unspecified atom stereocenters. The van der Waals surface area contributed by atoms with E-state index >= 15 is 0 Å². The maximum Gasteiger partial charge on any atom is 0.306 e. The van der Waals surface area contributed by atoms with E-state index in [0.717, 1.165) is 5.57 Å². The van der Waals surface area contributed by atoms with Gasteiger partial charge in [0.15, 0.2) is 0 Å². The lowest BCUT2D eigenvalue weighted by atomic mass is 10.1. The molecule has 0 saturated heterocycles. The van der Waals surface area contributed by atoms with Crippen LogP contribution >= 0.6 is 11.6 Å². The minimum Gasteiger partial charge on any atom is -0.481 e. The minimum atomic E-state index is -0.783. The predicted octanol–water partition coefficient (Wildman–Crippen LogP) is 0.931. The Morgan fingerprint density at radius 3 is 2.73 bits per heavy atom. The van der Waals surface area contributed by atoms with Crippen molar-refractivity contribution in [3.05, 3.63) is 11.1 Å². The molecular formula is C7H10ClNO2. The lowest BCUT2D eigenvalue weighted by molar-refractivity contribution is -0.141. The summed E-state index contributed by atoms with van der Waals surface area (Å²) >= 11 is 5.44. The van der Waals surface area contributed by atoms with Gasteiger partial charge in [-0.25, -0.2) is 0 Å². The fraction of sp³-hybridized carbons (Fsp3) is 0.571. The Hall–Kier alpha value is -0.540. The topological polar surface area (TPSA) is 63.3 Å². The van der Waals surface area contributed by atoms with Gasteiger partial charge in [-0.1, -0.05) is 11.6 Å². The monoisotopic (exact) mass is 175 g/mol. The molecule has 2 atom stereocenters. The average molecular weight is 176 g/mol. The molecule has 0 aliphatic heterocycles. The second-order valence-electron chi connectivity index (χ2n) is 2.77. The second kappa shape index (κ2) is 3.24. The Morgan fingerprint density at radius 1 is 1.82 bits per heavy atom. The van der Waals surface area contributed by atoms with Crippen LogP contribution in [-0.4, -0.2) is 17.1 Å². The van der Waals surface area contributed by atoms with Crippen molar-refractivity contribution >= 4 is 17.6 Å². The number of nitrogens with two attached hydrogens (primary N) is 1. The highest BCUT2D eigenvalue weighted by Crippen LogP contribution is 2.29. The zero-order valence-electron chi connectivity index (χ0n) is 5.96. The number of rotatable bonds is 1. The van der Waals surface area contributed by atoms with Gasteiger partial charge < -0.3 is 10.8 Å². The highest BCUT2D eigenvalue weighted by atomic mass is 35.5. The molecule has 0 heterocycles. The quantitative estimate of drug-likeness (QED) is 0.623. The third-order valence-electron chi connectivity index (χ3n) is 1.99. The van der Waals surface area contributed by atoms with Gasteiger partial charge in [-0.15, -0.1) is 0 Å². The zero-order valence-corrected chi connectivity index (χ0v) is 6.71. The summed E-state index contributed by atoms with van der Waals surface area (Å²) in [6.07, 6.45) is 1.01. The van der Waals surface area contributed by atoms with Crippen LogP contribution in [0.25, 0.3) is 0 Å². The molecule has 11 heavy (non-hydrogen) atoms. The number of halogens is 1. The van der Waals surface area contributed by atoms with Crippen molar-refractivity contribution in [1.82, 2.24) is 0 Å². The normalized spacial score (nSPS) is 34.5. The summed E-state index contributed by atoms with van der Waals surface area (Å²) in [4.78, 5) is 10.5. The van der Waals surface area contributed by atoms with E-state index < -0.39 is 5.97 Å². The number of carbonyl (C=O) groups is 1. The standard InChI is InChI=1S/C7H10ClNO2/c8-3-5-1-4(7(10)11)2-6(5)9/h3-4,6H,1-2,9H2,(H,10,11)/b5-3+/t4-,6-/m0/s1. The first kappa shape index (κ1) is 8.56. The lowest BCUT2D eigenvalue weighted by Crippen LogP contribution is -2.18. The molecule has 1 fully saturated rings. The van der Waals surface area contributed by atoms with Crippen molar-refractivity contribution in [3.63, 3.8) is 0 Å². The van der Waals surface area contributed by atoms with Gasteiger partial charge in [0, 0.05) is 11.6 Å². The van der Waals surface area contributed by atoms with Crippen LogP contribution in [0.15, 0.2) is 11.1 Å². The van der Waals surface area contributed by atoms with Gasteiger partial charge in [0.2, 0.25) is 0 Å². The molecule has 0 bridgehead atoms. The van der Waals surface area contributed by atoms with Crippen LogP contribution in [0.5, 0.6) is 0 Å². The second-order valence-corrected chi connectivity index (χ2v) is 2.98. The largest absolute Gasteiger partial charge is 0.481 e. The molecule has 0 aromatic heterocycles. The van der Waals surface area contributed by atoms with E-state index in [1.165, 1.54) is 5.54 Å². The summed E-state index contributed by atoms with van der Waals surface area (Å²) in [6.45, 7) is 0. The highest BCUT2D eigenvalue weighted by molar-refractivity contribution is 6.25. The zero-order chi connectivity index (χ0) is 8.43. The average Bonchev–Trinajstić information content (AvgIpc) is 2.31. The van der Waals surface area contributed by atoms with Crippen molar-refractivity contribution in [3.8, 4) is 0 Å². The summed E-state index contributed by atoms with van der Waals surface area (Å²) in [5.41, 5.74) is 7.84. The Morgan fingerprint density at radius 2 is 2.45 bits per heavy atom. The molecule has 0 aromatic rings. The molecule has 3 N–H and O–H groups in total. The minimum absolute atomic E-state index is 0.159. The van der Waals surface area contributed by atoms with E-state index in [0.29, 0.717) is 12.8 Å². The molecule has 1 aliphatic carbocycles. The predicted molar refractivity (Wildman–Crippen MR) is 42.3 cm³/mol. The molecule has 1 rings (SSSR count). The van der Waals surface area contributed by atoms with Crippen LogP contribution in [0.1, 0.15) is 12.8 Å². The van der Waals surface area contributed by atoms with Crippen LogP contribution < -0.4 is 5.73 Å². The number of hydrogen-bond donors (Lipinski definition) is 2. The van der Waals surface area contributed by atoms with Crippen LogP contribution in [0.3, 0.4) is 0 Å². The first-order valence-electron chi connectivity index (χ1n) is 3.42. The fourth-order valence-electron chi connectivity index (χ4n) is 1.29. The first-order chi connectivity index (χ1) is 5.15. The van der Waals surface area contributed by atoms with E-state index in [1.54, 1.807) is 0 Å². The highest BCUT2D eigenvalue weighted by Gasteiger charge is 2.30. The fourth-order valence-corrected chi connectivity index (χ4v) is 1.54. The summed E-state index contributed by atoms with van der Waals surface area (Å²) in [5, 5.41) is 8.62. The maximum absolute atomic E-state index is 10.5. The molecule has 4 heteroatoms. The summed E-state index contributed by atoms with van der Waals surface area (Å²) in [5.74, 6) is -1.12. The van der Waals surface area contributed by atoms with Gasteiger partial charge in [0.05, 0.1) is 5.92 Å². The van der Waals surface area contributed by atoms with Gasteiger partial charge >= 0.3 is 5.97 Å². The van der Waals surface area contributed by atoms with Gasteiger partial charge in [-0.05, 0) is 18.4 Å². The van der Waals surface area contributed by atoms with Crippen LogP contribution in [-0.2, 0) is 4.79 Å². The van der Waals surface area contributed by atoms with E-state index in [9.17, 15) is 4.79 Å². The van der Waals surface area contributed by atoms with Crippen molar-refractivity contribution in [2.75, 3.05) is 0 Å². The third-order valence-corrected chi connectivity index (χ3v) is 2.27. The maximum atomic E-state index is 10.5. The Kier molecular flexibility index (Phi) is 2.52. The molecular weight excluding hydrogens is 166 g/mol. The van der Waals surface area contributed by atoms with E-state index in [2.05, 4.69) is 0 Å². The molecule has 3 nitrogen and oxygen atoms in total. The molecule has 62 valence electrons. The van der Waals surface area contributed by atoms with E-state index in [1.807, 2.05) is 0 Å². The van der Waals surface area contributed by atoms with Gasteiger partial charge in [0.1, 0.15) is 0 Å². The molecule has 1 aliphatic rings. The Labute approximate surface area is 69.8 Å². The Balaban J connectivity index is 2.64. The summed E-state index contributed by atoms with van der Waals surface area (Å²) in [6, 6.07) is -0.159. The van der Waals surface area contributed by atoms with Crippen molar-refractivity contribution < 1.29 is 9.90 Å². The number of hydrogen-bond acceptors (Lipinski definition) is 2. The van der Waals surface area contributed by atoms with Crippen LogP contribution in [0, 0.1) is 5.92 Å². The van der Waals surface area contributed by atoms with Crippen molar-refractivity contribution in [1.29, 1.82) is 0 Å². The smallest absolute Gasteiger partial charge is 0.306 e. The van der Waals surface area contributed by atoms with Crippen LogP contribution in [0.4, 0.5) is 0 Å². The van der Waals surface area contributed by atoms with Crippen LogP contribution in [0.2, 0.25) is 0 Å². The third kappa shape index (κ3) is 1.73. The van der Waals surface area contributed by atoms with Crippen molar-refractivity contribution in [2.24, 2.45) is 11.7 Å². The molecule has 0 spiro atoms. The Bertz CT molecular complexity index is 203. The molecule has 0 aromatic carbocycles. The first-order valence-corrected chi connectivity index (χ1v) is 3.86. The molecule has 0 radical (unpaired) electrons. The summed E-state index contributed by atoms with van der Waals surface area (Å²) in [7, 11) is 0. The molecule has 1 saturated carbocycles. The lowest BCUT2D eigenvalue weighted by Gasteiger charge is -2.00. The number of carboxylic acids is 1. The summed E-state index contributed by atoms with van der Waals surface area (Å²) < 4.78 is 0. The van der Waals surface area contributed by atoms with Gasteiger partial charge in [0.25, 0.3) is 0 Å². The van der Waals surface area contributed by atoms with Gasteiger partial charge in [-0.3, -0.25) is 4.79 Å². The molecule has 0 amide bonds. The van der Waals surface area contributed by atoms with Crippen molar-refractivity contribution in [2.45, 2.75) is 18.9 Å². The van der Waals surface area contributed by atoms with Gasteiger partial charge in [-0.2, -0.15) is 0 Å². The number of aliphatic carboxylic acids is 1. The van der Waals surface area contributed by atoms with E-state index in [4.69, 9.17) is 22.4 Å². The SMILES string of the molecule is N[C@H]1C[C@@H](C(=O)O)C/C1=C\Cl.